The van der Waals surface area contributed by atoms with Gasteiger partial charge >= 0.3 is 23.7 Å². The lowest BCUT2D eigenvalue weighted by Gasteiger charge is -2.50. The van der Waals surface area contributed by atoms with Gasteiger partial charge in [0.25, 0.3) is 0 Å². The summed E-state index contributed by atoms with van der Waals surface area (Å²) in [5, 5.41) is 0. The van der Waals surface area contributed by atoms with Crippen LogP contribution >= 0.6 is 0 Å². The number of hydrogen-bond donors (Lipinski definition) is 0. The smallest absolute Gasteiger partial charge is 0.237 e. The Labute approximate surface area is 123 Å². The molecule has 0 saturated heterocycles. The largest absolute Gasteiger partial charge is 0.381 e. The third kappa shape index (κ3) is 1.99. The first-order chi connectivity index (χ1) is 10.2. The topological polar surface area (TPSA) is 0 Å². The van der Waals surface area contributed by atoms with E-state index in [9.17, 15) is 43.9 Å². The van der Waals surface area contributed by atoms with Crippen LogP contribution in [-0.2, 0) is 6.42 Å². The van der Waals surface area contributed by atoms with Crippen molar-refractivity contribution in [1.29, 1.82) is 0 Å². The summed E-state index contributed by atoms with van der Waals surface area (Å²) in [4.78, 5) is 0. The normalized spacial score (nSPS) is 34.1. The lowest BCUT2D eigenvalue weighted by atomic mass is 9.71. The molecule has 1 aliphatic carbocycles. The SMILES string of the molecule is FC1C(F)(F)C(F)(F)C(F)(F)C(F)(F)C1(F)Cc1ccccc1. The Kier molecular flexibility index (Phi) is 3.70. The van der Waals surface area contributed by atoms with E-state index in [1.807, 2.05) is 0 Å². The maximum absolute atomic E-state index is 14.3. The van der Waals surface area contributed by atoms with Crippen LogP contribution in [-0.4, -0.2) is 35.5 Å². The first kappa shape index (κ1) is 17.9. The average molecular weight is 354 g/mol. The van der Waals surface area contributed by atoms with Gasteiger partial charge in [-0.05, 0) is 5.56 Å². The third-order valence-electron chi connectivity index (χ3n) is 3.75. The standard InChI is InChI=1S/C13H8F10/c14-8-9(15,6-7-4-2-1-3-5-7)11(18,19)13(22,23)12(20,21)10(8,16)17/h1-5,8H,6H2. The average Bonchev–Trinajstić information content (AvgIpc) is 2.45. The summed E-state index contributed by atoms with van der Waals surface area (Å²) in [5.74, 6) is -26.2. The number of alkyl halides is 10. The second-order valence-corrected chi connectivity index (χ2v) is 5.23. The fourth-order valence-electron chi connectivity index (χ4n) is 2.37. The molecule has 0 radical (unpaired) electrons. The van der Waals surface area contributed by atoms with Crippen molar-refractivity contribution in [3.63, 3.8) is 0 Å². The molecule has 0 spiro atoms. The molecule has 0 N–H and O–H groups in total. The van der Waals surface area contributed by atoms with Crippen molar-refractivity contribution >= 4 is 0 Å². The van der Waals surface area contributed by atoms with Crippen LogP contribution in [0.25, 0.3) is 0 Å². The molecule has 1 aliphatic rings. The molecule has 0 aliphatic heterocycles. The predicted octanol–water partition coefficient (Wildman–Crippen LogP) is 4.83. The molecule has 1 fully saturated rings. The Morgan fingerprint density at radius 2 is 1.17 bits per heavy atom. The summed E-state index contributed by atoms with van der Waals surface area (Å²) in [7, 11) is 0. The molecule has 2 atom stereocenters. The van der Waals surface area contributed by atoms with E-state index >= 15 is 0 Å². The monoisotopic (exact) mass is 354 g/mol. The second-order valence-electron chi connectivity index (χ2n) is 5.23. The summed E-state index contributed by atoms with van der Waals surface area (Å²) >= 11 is 0. The fraction of sp³-hybridized carbons (Fsp3) is 0.538. The van der Waals surface area contributed by atoms with Gasteiger partial charge in [0.1, 0.15) is 0 Å². The molecule has 1 aromatic rings. The Hall–Kier alpha value is -1.48. The minimum absolute atomic E-state index is 0.533. The molecule has 0 bridgehead atoms. The van der Waals surface area contributed by atoms with Crippen LogP contribution in [0.5, 0.6) is 0 Å². The van der Waals surface area contributed by atoms with Crippen molar-refractivity contribution in [3.05, 3.63) is 35.9 Å². The van der Waals surface area contributed by atoms with E-state index in [0.717, 1.165) is 24.3 Å². The van der Waals surface area contributed by atoms with Gasteiger partial charge in [0, 0.05) is 6.42 Å². The van der Waals surface area contributed by atoms with Crippen molar-refractivity contribution in [2.75, 3.05) is 0 Å². The molecule has 0 amide bonds. The van der Waals surface area contributed by atoms with Crippen LogP contribution < -0.4 is 0 Å². The van der Waals surface area contributed by atoms with Crippen molar-refractivity contribution in [2.45, 2.75) is 42.0 Å². The zero-order valence-electron chi connectivity index (χ0n) is 11.0. The summed E-state index contributed by atoms with van der Waals surface area (Å²) in [6.07, 6.45) is -6.76. The van der Waals surface area contributed by atoms with Crippen LogP contribution in [0.1, 0.15) is 5.56 Å². The van der Waals surface area contributed by atoms with Crippen molar-refractivity contribution in [3.8, 4) is 0 Å². The van der Waals surface area contributed by atoms with Crippen molar-refractivity contribution < 1.29 is 43.9 Å². The van der Waals surface area contributed by atoms with Crippen LogP contribution in [0.2, 0.25) is 0 Å². The highest BCUT2D eigenvalue weighted by molar-refractivity contribution is 5.28. The first-order valence-corrected chi connectivity index (χ1v) is 6.11. The molecule has 0 heterocycles. The third-order valence-corrected chi connectivity index (χ3v) is 3.75. The number of rotatable bonds is 2. The molecule has 23 heavy (non-hydrogen) atoms. The Balaban J connectivity index is 2.62. The Morgan fingerprint density at radius 1 is 0.696 bits per heavy atom. The van der Waals surface area contributed by atoms with Gasteiger partial charge in [0.2, 0.25) is 11.8 Å². The molecule has 10 heteroatoms. The lowest BCUT2D eigenvalue weighted by molar-refractivity contribution is -0.441. The molecular weight excluding hydrogens is 346 g/mol. The maximum Gasteiger partial charge on any atom is 0.381 e. The molecule has 2 unspecified atom stereocenters. The van der Waals surface area contributed by atoms with Crippen molar-refractivity contribution in [1.82, 2.24) is 0 Å². The van der Waals surface area contributed by atoms with Gasteiger partial charge in [-0.3, -0.25) is 0 Å². The lowest BCUT2D eigenvalue weighted by Crippen LogP contribution is -2.80. The number of hydrogen-bond acceptors (Lipinski definition) is 0. The maximum atomic E-state index is 14.3. The van der Waals surface area contributed by atoms with Gasteiger partial charge < -0.3 is 0 Å². The van der Waals surface area contributed by atoms with E-state index in [0.29, 0.717) is 0 Å². The van der Waals surface area contributed by atoms with Crippen LogP contribution in [0, 0.1) is 0 Å². The predicted molar refractivity (Wildman–Crippen MR) is 58.7 cm³/mol. The number of benzene rings is 1. The Bertz CT molecular complexity index is 582. The van der Waals surface area contributed by atoms with E-state index in [-0.39, 0.29) is 0 Å². The van der Waals surface area contributed by atoms with E-state index in [4.69, 9.17) is 0 Å². The summed E-state index contributed by atoms with van der Waals surface area (Å²) in [6, 6.07) is 5.31. The second kappa shape index (κ2) is 4.76. The zero-order valence-corrected chi connectivity index (χ0v) is 11.0. The summed E-state index contributed by atoms with van der Waals surface area (Å²) < 4.78 is 134. The minimum Gasteiger partial charge on any atom is -0.237 e. The minimum atomic E-state index is -6.78. The number of halogens is 10. The van der Waals surface area contributed by atoms with E-state index in [1.165, 1.54) is 6.07 Å². The van der Waals surface area contributed by atoms with Crippen LogP contribution in [0.4, 0.5) is 43.9 Å². The molecule has 0 nitrogen and oxygen atoms in total. The van der Waals surface area contributed by atoms with Crippen LogP contribution in [0.3, 0.4) is 0 Å². The molecule has 130 valence electrons. The van der Waals surface area contributed by atoms with E-state index in [1.54, 1.807) is 0 Å². The highest BCUT2D eigenvalue weighted by atomic mass is 19.4. The quantitative estimate of drug-likeness (QED) is 0.668. The zero-order chi connectivity index (χ0) is 17.9. The van der Waals surface area contributed by atoms with Gasteiger partial charge in [0.05, 0.1) is 0 Å². The molecule has 2 rings (SSSR count). The van der Waals surface area contributed by atoms with Crippen molar-refractivity contribution in [2.24, 2.45) is 0 Å². The summed E-state index contributed by atoms with van der Waals surface area (Å²) in [6.45, 7) is 0. The summed E-state index contributed by atoms with van der Waals surface area (Å²) in [5.41, 5.74) is -5.75. The van der Waals surface area contributed by atoms with Gasteiger partial charge in [-0.2, -0.15) is 35.1 Å². The highest BCUT2D eigenvalue weighted by Crippen LogP contribution is 2.65. The van der Waals surface area contributed by atoms with Gasteiger partial charge in [0.15, 0.2) is 0 Å². The molecular formula is C13H8F10. The highest BCUT2D eigenvalue weighted by Gasteiger charge is 2.94. The van der Waals surface area contributed by atoms with Gasteiger partial charge in [-0.15, -0.1) is 0 Å². The molecule has 1 saturated carbocycles. The van der Waals surface area contributed by atoms with Gasteiger partial charge in [-0.1, -0.05) is 30.3 Å². The molecule has 1 aromatic carbocycles. The first-order valence-electron chi connectivity index (χ1n) is 6.11. The van der Waals surface area contributed by atoms with E-state index in [2.05, 4.69) is 0 Å². The van der Waals surface area contributed by atoms with Gasteiger partial charge in [-0.25, -0.2) is 8.78 Å². The van der Waals surface area contributed by atoms with Crippen LogP contribution in [0.15, 0.2) is 30.3 Å². The fourth-order valence-corrected chi connectivity index (χ4v) is 2.37. The molecule has 0 aromatic heterocycles. The van der Waals surface area contributed by atoms with E-state index < -0.39 is 47.5 Å². The Morgan fingerprint density at radius 3 is 1.65 bits per heavy atom.